The molecule has 0 fully saturated rings. The van der Waals surface area contributed by atoms with Gasteiger partial charge in [0.15, 0.2) is 23.3 Å². The summed E-state index contributed by atoms with van der Waals surface area (Å²) in [6, 6.07) is 0.114. The van der Waals surface area contributed by atoms with Gasteiger partial charge in [-0.1, -0.05) is 0 Å². The van der Waals surface area contributed by atoms with E-state index in [-0.39, 0.29) is 12.6 Å². The second-order valence-corrected chi connectivity index (χ2v) is 3.04. The van der Waals surface area contributed by atoms with E-state index >= 15 is 0 Å². The SMILES string of the molecule is NCC(O)Cc1c(F)c(F)cc(F)c1F. The van der Waals surface area contributed by atoms with Crippen LogP contribution < -0.4 is 5.73 Å². The molecular formula is C9H9F4NO. The molecule has 0 radical (unpaired) electrons. The molecule has 84 valence electrons. The number of rotatable bonds is 3. The van der Waals surface area contributed by atoms with Crippen LogP contribution in [0.1, 0.15) is 5.56 Å². The molecule has 0 aliphatic carbocycles. The molecule has 0 aliphatic heterocycles. The van der Waals surface area contributed by atoms with Gasteiger partial charge < -0.3 is 10.8 Å². The molecule has 1 aromatic carbocycles. The first-order valence-electron chi connectivity index (χ1n) is 4.17. The summed E-state index contributed by atoms with van der Waals surface area (Å²) in [6.07, 6.45) is -1.81. The lowest BCUT2D eigenvalue weighted by molar-refractivity contribution is 0.180. The zero-order chi connectivity index (χ0) is 11.6. The molecule has 0 spiro atoms. The van der Waals surface area contributed by atoms with Crippen LogP contribution in [-0.2, 0) is 6.42 Å². The topological polar surface area (TPSA) is 46.2 Å². The molecule has 6 heteroatoms. The Morgan fingerprint density at radius 1 is 1.13 bits per heavy atom. The highest BCUT2D eigenvalue weighted by molar-refractivity contribution is 5.23. The summed E-state index contributed by atoms with van der Waals surface area (Å²) in [5.74, 6) is -5.98. The number of hydrogen-bond donors (Lipinski definition) is 2. The van der Waals surface area contributed by atoms with Crippen LogP contribution in [0.2, 0.25) is 0 Å². The van der Waals surface area contributed by atoms with Crippen molar-refractivity contribution in [1.29, 1.82) is 0 Å². The minimum Gasteiger partial charge on any atom is -0.391 e. The monoisotopic (exact) mass is 223 g/mol. The van der Waals surface area contributed by atoms with Gasteiger partial charge >= 0.3 is 0 Å². The third kappa shape index (κ3) is 2.45. The molecule has 0 amide bonds. The van der Waals surface area contributed by atoms with Crippen LogP contribution in [0.4, 0.5) is 17.6 Å². The highest BCUT2D eigenvalue weighted by Gasteiger charge is 2.20. The molecule has 1 atom stereocenters. The van der Waals surface area contributed by atoms with Gasteiger partial charge in [0.1, 0.15) is 0 Å². The molecule has 3 N–H and O–H groups in total. The van der Waals surface area contributed by atoms with E-state index in [1.165, 1.54) is 0 Å². The van der Waals surface area contributed by atoms with E-state index < -0.39 is 41.4 Å². The van der Waals surface area contributed by atoms with Crippen LogP contribution in [0, 0.1) is 23.3 Å². The lowest BCUT2D eigenvalue weighted by atomic mass is 10.1. The van der Waals surface area contributed by atoms with Gasteiger partial charge in [-0.25, -0.2) is 17.6 Å². The Labute approximate surface area is 83.3 Å². The maximum absolute atomic E-state index is 13.0. The first kappa shape index (κ1) is 11.9. The standard InChI is InChI=1S/C9H9F4NO/c10-6-2-7(11)9(13)5(8(6)12)1-4(15)3-14/h2,4,15H,1,3,14H2. The van der Waals surface area contributed by atoms with E-state index in [2.05, 4.69) is 0 Å². The Morgan fingerprint density at radius 3 is 2.00 bits per heavy atom. The molecule has 0 heterocycles. The lowest BCUT2D eigenvalue weighted by Crippen LogP contribution is -2.23. The highest BCUT2D eigenvalue weighted by Crippen LogP contribution is 2.20. The van der Waals surface area contributed by atoms with E-state index in [0.29, 0.717) is 0 Å². The van der Waals surface area contributed by atoms with Crippen molar-refractivity contribution in [3.63, 3.8) is 0 Å². The zero-order valence-electron chi connectivity index (χ0n) is 7.61. The Kier molecular flexibility index (Phi) is 3.65. The number of benzene rings is 1. The number of aliphatic hydroxyl groups is 1. The van der Waals surface area contributed by atoms with E-state index in [1.54, 1.807) is 0 Å². The van der Waals surface area contributed by atoms with Crippen molar-refractivity contribution in [3.8, 4) is 0 Å². The molecule has 0 saturated carbocycles. The maximum Gasteiger partial charge on any atom is 0.165 e. The van der Waals surface area contributed by atoms with Crippen molar-refractivity contribution in [2.24, 2.45) is 5.73 Å². The van der Waals surface area contributed by atoms with Gasteiger partial charge in [0.2, 0.25) is 0 Å². The zero-order valence-corrected chi connectivity index (χ0v) is 7.61. The molecule has 2 nitrogen and oxygen atoms in total. The van der Waals surface area contributed by atoms with E-state index in [1.807, 2.05) is 0 Å². The van der Waals surface area contributed by atoms with Crippen molar-refractivity contribution < 1.29 is 22.7 Å². The van der Waals surface area contributed by atoms with Gasteiger partial charge in [-0.15, -0.1) is 0 Å². The number of nitrogens with two attached hydrogens (primary N) is 1. The minimum atomic E-state index is -1.50. The van der Waals surface area contributed by atoms with Crippen LogP contribution in [0.5, 0.6) is 0 Å². The van der Waals surface area contributed by atoms with Gasteiger partial charge in [0.05, 0.1) is 6.10 Å². The molecule has 1 aromatic rings. The van der Waals surface area contributed by atoms with E-state index in [9.17, 15) is 17.6 Å². The van der Waals surface area contributed by atoms with Gasteiger partial charge in [-0.2, -0.15) is 0 Å². The van der Waals surface area contributed by atoms with Crippen LogP contribution in [0.25, 0.3) is 0 Å². The third-order valence-electron chi connectivity index (χ3n) is 1.91. The largest absolute Gasteiger partial charge is 0.391 e. The van der Waals surface area contributed by atoms with Crippen molar-refractivity contribution >= 4 is 0 Å². The van der Waals surface area contributed by atoms with Crippen LogP contribution in [-0.4, -0.2) is 17.8 Å². The van der Waals surface area contributed by atoms with E-state index in [0.717, 1.165) is 0 Å². The van der Waals surface area contributed by atoms with Crippen LogP contribution >= 0.6 is 0 Å². The summed E-state index contributed by atoms with van der Waals surface area (Å²) in [5.41, 5.74) is 4.19. The van der Waals surface area contributed by atoms with Gasteiger partial charge in [0, 0.05) is 24.6 Å². The Hall–Kier alpha value is -1.14. The summed E-state index contributed by atoms with van der Waals surface area (Å²) in [5, 5.41) is 9.04. The Balaban J connectivity index is 3.15. The fraction of sp³-hybridized carbons (Fsp3) is 0.333. The Morgan fingerprint density at radius 2 is 1.60 bits per heavy atom. The molecule has 0 saturated heterocycles. The van der Waals surface area contributed by atoms with E-state index in [4.69, 9.17) is 10.8 Å². The first-order chi connectivity index (χ1) is 6.97. The number of halogens is 4. The smallest absolute Gasteiger partial charge is 0.165 e. The average molecular weight is 223 g/mol. The summed E-state index contributed by atoms with van der Waals surface area (Å²) in [7, 11) is 0. The van der Waals surface area contributed by atoms with Gasteiger partial charge in [-0.05, 0) is 0 Å². The molecule has 0 aliphatic rings. The third-order valence-corrected chi connectivity index (χ3v) is 1.91. The van der Waals surface area contributed by atoms with Gasteiger partial charge in [-0.3, -0.25) is 0 Å². The van der Waals surface area contributed by atoms with Crippen molar-refractivity contribution in [2.45, 2.75) is 12.5 Å². The normalized spacial score (nSPS) is 12.9. The average Bonchev–Trinajstić information content (AvgIpc) is 2.21. The molecule has 0 bridgehead atoms. The lowest BCUT2D eigenvalue weighted by Gasteiger charge is -2.10. The fourth-order valence-electron chi connectivity index (χ4n) is 1.12. The molecule has 0 aromatic heterocycles. The predicted molar refractivity (Wildman–Crippen MR) is 45.0 cm³/mol. The number of hydrogen-bond acceptors (Lipinski definition) is 2. The van der Waals surface area contributed by atoms with Crippen LogP contribution in [0.3, 0.4) is 0 Å². The molecular weight excluding hydrogens is 214 g/mol. The van der Waals surface area contributed by atoms with Gasteiger partial charge in [0.25, 0.3) is 0 Å². The molecule has 15 heavy (non-hydrogen) atoms. The number of aliphatic hydroxyl groups excluding tert-OH is 1. The Bertz CT molecular complexity index is 343. The van der Waals surface area contributed by atoms with Crippen molar-refractivity contribution in [3.05, 3.63) is 34.9 Å². The quantitative estimate of drug-likeness (QED) is 0.595. The van der Waals surface area contributed by atoms with Crippen LogP contribution in [0.15, 0.2) is 6.07 Å². The summed E-state index contributed by atoms with van der Waals surface area (Å²) in [4.78, 5) is 0. The molecule has 1 unspecified atom stereocenters. The van der Waals surface area contributed by atoms with Crippen molar-refractivity contribution in [1.82, 2.24) is 0 Å². The van der Waals surface area contributed by atoms with Crippen molar-refractivity contribution in [2.75, 3.05) is 6.54 Å². The fourth-order valence-corrected chi connectivity index (χ4v) is 1.12. The maximum atomic E-state index is 13.0. The summed E-state index contributed by atoms with van der Waals surface area (Å²) in [6.45, 7) is -0.253. The highest BCUT2D eigenvalue weighted by atomic mass is 19.2. The molecule has 1 rings (SSSR count). The minimum absolute atomic E-state index is 0.114. The first-order valence-corrected chi connectivity index (χ1v) is 4.17. The summed E-state index contributed by atoms with van der Waals surface area (Å²) < 4.78 is 51.4. The predicted octanol–water partition coefficient (Wildman–Crippen LogP) is 1.11. The second kappa shape index (κ2) is 4.59. The second-order valence-electron chi connectivity index (χ2n) is 3.04. The summed E-state index contributed by atoms with van der Waals surface area (Å²) >= 11 is 0.